The monoisotopic (exact) mass is 427 g/mol. The van der Waals surface area contributed by atoms with Gasteiger partial charge >= 0.3 is 12.1 Å². The van der Waals surface area contributed by atoms with E-state index in [-0.39, 0.29) is 18.9 Å². The molecular weight excluding hydrogens is 406 g/mol. The van der Waals surface area contributed by atoms with Gasteiger partial charge in [0.25, 0.3) is 0 Å². The highest BCUT2D eigenvalue weighted by Gasteiger charge is 2.30. The van der Waals surface area contributed by atoms with Gasteiger partial charge in [0.05, 0.1) is 0 Å². The number of rotatable bonds is 6. The summed E-state index contributed by atoms with van der Waals surface area (Å²) in [5, 5.41) is 13.0. The first-order valence-corrected chi connectivity index (χ1v) is 10.4. The average molecular weight is 427 g/mol. The van der Waals surface area contributed by atoms with Crippen molar-refractivity contribution in [2.45, 2.75) is 18.4 Å². The number of alkyl carbamates (subject to hydrolysis) is 1. The minimum atomic E-state index is -1.13. The zero-order valence-electron chi connectivity index (χ0n) is 17.1. The molecule has 32 heavy (non-hydrogen) atoms. The normalized spacial score (nSPS) is 13.4. The van der Waals surface area contributed by atoms with E-state index in [0.717, 1.165) is 38.7 Å². The van der Waals surface area contributed by atoms with Gasteiger partial charge in [0, 0.05) is 41.8 Å². The molecule has 0 fully saturated rings. The molecule has 2 heterocycles. The van der Waals surface area contributed by atoms with Crippen LogP contribution in [0.3, 0.4) is 0 Å². The molecule has 160 valence electrons. The molecule has 2 aromatic heterocycles. The van der Waals surface area contributed by atoms with Gasteiger partial charge in [-0.3, -0.25) is 4.98 Å². The molecule has 1 aliphatic rings. The lowest BCUT2D eigenvalue weighted by Gasteiger charge is -2.17. The fraction of sp³-hybridized carbons (Fsp3) is 0.160. The number of aliphatic carboxylic acids is 1. The Balaban J connectivity index is 1.28. The number of ether oxygens (including phenoxy) is 1. The number of carbonyl (C=O) groups excluding carboxylic acids is 1. The highest BCUT2D eigenvalue weighted by Crippen LogP contribution is 2.44. The van der Waals surface area contributed by atoms with Crippen LogP contribution in [0.1, 0.15) is 22.6 Å². The van der Waals surface area contributed by atoms with Crippen molar-refractivity contribution >= 4 is 23.0 Å². The predicted molar refractivity (Wildman–Crippen MR) is 119 cm³/mol. The van der Waals surface area contributed by atoms with Crippen LogP contribution in [-0.4, -0.2) is 39.8 Å². The maximum Gasteiger partial charge on any atom is 0.407 e. The van der Waals surface area contributed by atoms with Crippen molar-refractivity contribution < 1.29 is 19.4 Å². The fourth-order valence-electron chi connectivity index (χ4n) is 4.39. The summed E-state index contributed by atoms with van der Waals surface area (Å²) in [5.41, 5.74) is 6.09. The van der Waals surface area contributed by atoms with Crippen LogP contribution in [0.25, 0.3) is 22.0 Å². The Labute approximate surface area is 184 Å². The number of benzene rings is 2. The number of carboxylic acids is 1. The van der Waals surface area contributed by atoms with Crippen molar-refractivity contribution in [3.63, 3.8) is 0 Å². The van der Waals surface area contributed by atoms with Crippen molar-refractivity contribution in [3.05, 3.63) is 89.9 Å². The number of pyridine rings is 1. The van der Waals surface area contributed by atoms with E-state index < -0.39 is 18.1 Å². The second kappa shape index (κ2) is 8.19. The molecule has 5 rings (SSSR count). The minimum Gasteiger partial charge on any atom is -0.480 e. The smallest absolute Gasteiger partial charge is 0.407 e. The number of aromatic nitrogens is 2. The standard InChI is InChI=1S/C25H21N3O4/c29-24(30)23(11-15-12-27-22-9-10-26-13-20(15)22)28-25(31)32-14-21-18-7-3-1-5-16(18)17-6-2-4-8-19(17)21/h1-10,12-13,21,23,27H,11,14H2,(H,28,31)(H,29,30)/t23-/m0/s1. The number of nitrogens with zero attached hydrogens (tertiary/aromatic N) is 1. The van der Waals surface area contributed by atoms with Gasteiger partial charge in [-0.05, 0) is 33.9 Å². The first kappa shape index (κ1) is 19.8. The highest BCUT2D eigenvalue weighted by molar-refractivity contribution is 5.85. The van der Waals surface area contributed by atoms with Crippen molar-refractivity contribution in [2.24, 2.45) is 0 Å². The number of amides is 1. The van der Waals surface area contributed by atoms with Crippen LogP contribution in [0.5, 0.6) is 0 Å². The predicted octanol–water partition coefficient (Wildman–Crippen LogP) is 4.10. The van der Waals surface area contributed by atoms with Gasteiger partial charge in [0.2, 0.25) is 0 Å². The van der Waals surface area contributed by atoms with E-state index in [0.29, 0.717) is 0 Å². The molecule has 0 bridgehead atoms. The van der Waals surface area contributed by atoms with Crippen LogP contribution in [0.15, 0.2) is 73.2 Å². The zero-order valence-corrected chi connectivity index (χ0v) is 17.1. The largest absolute Gasteiger partial charge is 0.480 e. The first-order valence-electron chi connectivity index (χ1n) is 10.4. The Morgan fingerprint density at radius 3 is 2.44 bits per heavy atom. The summed E-state index contributed by atoms with van der Waals surface area (Å²) in [7, 11) is 0. The van der Waals surface area contributed by atoms with Gasteiger partial charge in [-0.25, -0.2) is 9.59 Å². The summed E-state index contributed by atoms with van der Waals surface area (Å²) < 4.78 is 5.49. The number of hydrogen-bond donors (Lipinski definition) is 3. The second-order valence-corrected chi connectivity index (χ2v) is 7.80. The van der Waals surface area contributed by atoms with Crippen LogP contribution in [-0.2, 0) is 16.0 Å². The van der Waals surface area contributed by atoms with Gasteiger partial charge in [-0.1, -0.05) is 48.5 Å². The molecule has 2 aromatic carbocycles. The van der Waals surface area contributed by atoms with Crippen LogP contribution >= 0.6 is 0 Å². The number of nitrogens with one attached hydrogen (secondary N) is 2. The second-order valence-electron chi connectivity index (χ2n) is 7.80. The number of carboxylic acid groups (broad SMARTS) is 1. The Bertz CT molecular complexity index is 1270. The molecule has 1 amide bonds. The molecule has 4 aromatic rings. The van der Waals surface area contributed by atoms with Gasteiger partial charge < -0.3 is 20.1 Å². The third-order valence-electron chi connectivity index (χ3n) is 5.93. The number of aromatic amines is 1. The lowest BCUT2D eigenvalue weighted by atomic mass is 9.98. The van der Waals surface area contributed by atoms with Crippen molar-refractivity contribution in [3.8, 4) is 11.1 Å². The molecule has 0 radical (unpaired) electrons. The first-order chi connectivity index (χ1) is 15.6. The van der Waals surface area contributed by atoms with E-state index >= 15 is 0 Å². The zero-order chi connectivity index (χ0) is 22.1. The molecule has 3 N–H and O–H groups in total. The summed E-state index contributed by atoms with van der Waals surface area (Å²) in [5.74, 6) is -1.21. The molecular formula is C25H21N3O4. The molecule has 7 nitrogen and oxygen atoms in total. The van der Waals surface area contributed by atoms with E-state index in [2.05, 4.69) is 27.4 Å². The molecule has 0 unspecified atom stereocenters. The Kier molecular flexibility index (Phi) is 5.07. The lowest BCUT2D eigenvalue weighted by molar-refractivity contribution is -0.139. The minimum absolute atomic E-state index is 0.0869. The van der Waals surface area contributed by atoms with Gasteiger partial charge in [-0.2, -0.15) is 0 Å². The van der Waals surface area contributed by atoms with Crippen molar-refractivity contribution in [1.82, 2.24) is 15.3 Å². The van der Waals surface area contributed by atoms with E-state index in [9.17, 15) is 14.7 Å². The van der Waals surface area contributed by atoms with Gasteiger partial charge in [0.15, 0.2) is 0 Å². The third-order valence-corrected chi connectivity index (χ3v) is 5.93. The Morgan fingerprint density at radius 1 is 1.06 bits per heavy atom. The third kappa shape index (κ3) is 3.58. The molecule has 7 heteroatoms. The van der Waals surface area contributed by atoms with Crippen LogP contribution in [0.4, 0.5) is 4.79 Å². The van der Waals surface area contributed by atoms with E-state index in [1.807, 2.05) is 42.5 Å². The van der Waals surface area contributed by atoms with Crippen molar-refractivity contribution in [2.75, 3.05) is 6.61 Å². The number of fused-ring (bicyclic) bond motifs is 4. The SMILES string of the molecule is O=C(N[C@@H](Cc1c[nH]c2ccncc12)C(=O)O)OCC1c2ccccc2-c2ccccc21. The average Bonchev–Trinajstić information content (AvgIpc) is 3.36. The number of hydrogen-bond acceptors (Lipinski definition) is 4. The van der Waals surface area contributed by atoms with Crippen LogP contribution in [0.2, 0.25) is 0 Å². The topological polar surface area (TPSA) is 104 Å². The maximum absolute atomic E-state index is 12.5. The molecule has 0 saturated carbocycles. The van der Waals surface area contributed by atoms with E-state index in [4.69, 9.17) is 4.74 Å². The molecule has 0 saturated heterocycles. The van der Waals surface area contributed by atoms with Crippen LogP contribution in [0, 0.1) is 0 Å². The summed E-state index contributed by atoms with van der Waals surface area (Å²) in [6.07, 6.45) is 4.43. The van der Waals surface area contributed by atoms with E-state index in [1.165, 1.54) is 0 Å². The Hall–Kier alpha value is -4.13. The van der Waals surface area contributed by atoms with Gasteiger partial charge in [-0.15, -0.1) is 0 Å². The highest BCUT2D eigenvalue weighted by atomic mass is 16.5. The molecule has 0 aliphatic heterocycles. The Morgan fingerprint density at radius 2 is 1.75 bits per heavy atom. The number of carbonyl (C=O) groups is 2. The van der Waals surface area contributed by atoms with Crippen LogP contribution < -0.4 is 5.32 Å². The maximum atomic E-state index is 12.5. The summed E-state index contributed by atoms with van der Waals surface area (Å²) in [6, 6.07) is 16.8. The lowest BCUT2D eigenvalue weighted by Crippen LogP contribution is -2.42. The number of H-pyrrole nitrogens is 1. The summed E-state index contributed by atoms with van der Waals surface area (Å²) in [6.45, 7) is 0.128. The molecule has 0 spiro atoms. The summed E-state index contributed by atoms with van der Waals surface area (Å²) in [4.78, 5) is 31.5. The van der Waals surface area contributed by atoms with E-state index in [1.54, 1.807) is 18.6 Å². The summed E-state index contributed by atoms with van der Waals surface area (Å²) >= 11 is 0. The quantitative estimate of drug-likeness (QED) is 0.430. The molecule has 1 atom stereocenters. The fourth-order valence-corrected chi connectivity index (χ4v) is 4.39. The van der Waals surface area contributed by atoms with Gasteiger partial charge in [0.1, 0.15) is 12.6 Å². The van der Waals surface area contributed by atoms with Crippen molar-refractivity contribution in [1.29, 1.82) is 0 Å². The molecule has 1 aliphatic carbocycles.